The summed E-state index contributed by atoms with van der Waals surface area (Å²) < 4.78 is 0. The van der Waals surface area contributed by atoms with Crippen LogP contribution in [0.4, 0.5) is 5.69 Å². The molecular weight excluding hydrogens is 578 g/mol. The quantitative estimate of drug-likeness (QED) is 0.179. The van der Waals surface area contributed by atoms with E-state index in [-0.39, 0.29) is 24.3 Å². The first-order valence-electron chi connectivity index (χ1n) is 12.9. The van der Waals surface area contributed by atoms with Gasteiger partial charge in [0.2, 0.25) is 17.7 Å². The van der Waals surface area contributed by atoms with E-state index in [4.69, 9.17) is 46.4 Å². The van der Waals surface area contributed by atoms with Crippen molar-refractivity contribution in [1.29, 1.82) is 0 Å². The fourth-order valence-corrected chi connectivity index (χ4v) is 7.87. The van der Waals surface area contributed by atoms with Gasteiger partial charge in [0.1, 0.15) is 9.75 Å². The van der Waals surface area contributed by atoms with E-state index in [0.29, 0.717) is 41.4 Å². The summed E-state index contributed by atoms with van der Waals surface area (Å²) in [6.07, 6.45) is 2.14. The molecule has 1 N–H and O–H groups in total. The second-order valence-electron chi connectivity index (χ2n) is 10.3. The lowest BCUT2D eigenvalue weighted by atomic mass is 9.54. The fourth-order valence-electron chi connectivity index (χ4n) is 6.47. The predicted octanol–water partition coefficient (Wildman–Crippen LogP) is 7.09. The monoisotopic (exact) mass is 600 g/mol. The number of anilines is 1. The molecule has 2 atom stereocenters. The molecule has 4 aliphatic rings. The summed E-state index contributed by atoms with van der Waals surface area (Å²) in [7, 11) is 0. The average Bonchev–Trinajstić information content (AvgIpc) is 3.19. The van der Waals surface area contributed by atoms with Crippen molar-refractivity contribution in [2.45, 2.75) is 35.4 Å². The molecule has 7 rings (SSSR count). The highest BCUT2D eigenvalue weighted by Crippen LogP contribution is 2.69. The molecule has 3 amide bonds. The van der Waals surface area contributed by atoms with Gasteiger partial charge in [0.25, 0.3) is 0 Å². The van der Waals surface area contributed by atoms with E-state index in [9.17, 15) is 14.4 Å². The summed E-state index contributed by atoms with van der Waals surface area (Å²) in [5.74, 6) is -2.29. The number of hydrogen-bond acceptors (Lipinski definition) is 3. The summed E-state index contributed by atoms with van der Waals surface area (Å²) in [4.78, 5) is 39.0. The molecular formula is C30H24Cl4N2O3. The van der Waals surface area contributed by atoms with E-state index in [1.165, 1.54) is 4.90 Å². The smallest absolute Gasteiger partial charge is 0.235 e. The molecule has 2 bridgehead atoms. The van der Waals surface area contributed by atoms with Crippen molar-refractivity contribution in [3.63, 3.8) is 0 Å². The molecule has 3 aromatic rings. The number of hydrogen-bond donors (Lipinski definition) is 1. The number of alkyl halides is 2. The van der Waals surface area contributed by atoms with Gasteiger partial charge in [-0.1, -0.05) is 78.2 Å². The van der Waals surface area contributed by atoms with Gasteiger partial charge >= 0.3 is 0 Å². The molecule has 0 unspecified atom stereocenters. The van der Waals surface area contributed by atoms with E-state index in [0.717, 1.165) is 22.3 Å². The Morgan fingerprint density at radius 3 is 1.74 bits per heavy atom. The van der Waals surface area contributed by atoms with Gasteiger partial charge < -0.3 is 5.32 Å². The molecule has 3 aromatic carbocycles. The lowest BCUT2D eigenvalue weighted by molar-refractivity contribution is -0.140. The van der Waals surface area contributed by atoms with Crippen LogP contribution in [0, 0.1) is 11.8 Å². The van der Waals surface area contributed by atoms with E-state index in [1.54, 1.807) is 18.2 Å². The minimum Gasteiger partial charge on any atom is -0.326 e. The van der Waals surface area contributed by atoms with Gasteiger partial charge in [-0.25, -0.2) is 0 Å². The standard InChI is InChI=1S/C30H24Cl4N2O3/c31-22-14-13-17(16-23(22)32)35-24(37)12-2-1-7-15-36-27(38)25-26(28(36)39)30(34)19-9-4-3-8-18(19)29(25,33)20-10-5-6-11-21(20)30/h3-6,8-11,13-14,16,25-26H,1-2,7,12,15H2,(H,35,37)/t25-,26+,29?,30?. The first-order valence-corrected chi connectivity index (χ1v) is 14.4. The Kier molecular flexibility index (Phi) is 6.70. The van der Waals surface area contributed by atoms with Gasteiger partial charge in [0, 0.05) is 18.7 Å². The Bertz CT molecular complexity index is 1400. The second kappa shape index (κ2) is 9.81. The minimum absolute atomic E-state index is 0.145. The SMILES string of the molecule is O=C(CCCCCN1C(=O)[C@@H]2[C@H](C1=O)C1(Cl)c3ccccc3C2(Cl)c2ccccc21)Nc1ccc(Cl)c(Cl)c1. The van der Waals surface area contributed by atoms with Gasteiger partial charge in [-0.05, 0) is 53.3 Å². The maximum Gasteiger partial charge on any atom is 0.235 e. The van der Waals surface area contributed by atoms with Gasteiger partial charge in [-0.2, -0.15) is 0 Å². The number of halogens is 4. The third-order valence-corrected chi connectivity index (χ3v) is 10.2. The van der Waals surface area contributed by atoms with Crippen molar-refractivity contribution in [1.82, 2.24) is 4.90 Å². The van der Waals surface area contributed by atoms with Crippen LogP contribution >= 0.6 is 46.4 Å². The van der Waals surface area contributed by atoms with Crippen LogP contribution in [0.1, 0.15) is 47.9 Å². The molecule has 1 saturated heterocycles. The van der Waals surface area contributed by atoms with Gasteiger partial charge in [0.15, 0.2) is 0 Å². The van der Waals surface area contributed by atoms with Crippen LogP contribution in [0.2, 0.25) is 10.0 Å². The van der Waals surface area contributed by atoms with Crippen molar-refractivity contribution in [3.8, 4) is 0 Å². The summed E-state index contributed by atoms with van der Waals surface area (Å²) in [5, 5.41) is 3.59. The van der Waals surface area contributed by atoms with E-state index in [1.807, 2.05) is 48.5 Å². The number of amides is 3. The highest BCUT2D eigenvalue weighted by molar-refractivity contribution is 6.42. The maximum atomic E-state index is 13.8. The molecule has 9 heteroatoms. The number of carbonyl (C=O) groups excluding carboxylic acids is 3. The number of benzene rings is 3. The Morgan fingerprint density at radius 1 is 0.744 bits per heavy atom. The number of likely N-dealkylation sites (tertiary alicyclic amines) is 1. The molecule has 1 aliphatic heterocycles. The van der Waals surface area contributed by atoms with Crippen LogP contribution in [0.25, 0.3) is 0 Å². The van der Waals surface area contributed by atoms with Crippen LogP contribution in [0.3, 0.4) is 0 Å². The fraction of sp³-hybridized carbons (Fsp3) is 0.300. The number of rotatable bonds is 7. The second-order valence-corrected chi connectivity index (χ2v) is 12.3. The number of imide groups is 1. The first-order chi connectivity index (χ1) is 18.7. The summed E-state index contributed by atoms with van der Waals surface area (Å²) >= 11 is 26.8. The molecule has 0 radical (unpaired) electrons. The van der Waals surface area contributed by atoms with Crippen LogP contribution in [0.5, 0.6) is 0 Å². The Morgan fingerprint density at radius 2 is 1.26 bits per heavy atom. The third-order valence-electron chi connectivity index (χ3n) is 8.17. The van der Waals surface area contributed by atoms with E-state index in [2.05, 4.69) is 5.32 Å². The van der Waals surface area contributed by atoms with E-state index < -0.39 is 21.6 Å². The van der Waals surface area contributed by atoms with Crippen molar-refractivity contribution in [2.24, 2.45) is 11.8 Å². The highest BCUT2D eigenvalue weighted by atomic mass is 35.5. The minimum atomic E-state index is -1.17. The normalized spacial score (nSPS) is 26.3. The maximum absolute atomic E-state index is 13.8. The lowest BCUT2D eigenvalue weighted by Crippen LogP contribution is -2.57. The molecule has 1 heterocycles. The number of unbranched alkanes of at least 4 members (excludes halogenated alkanes) is 2. The van der Waals surface area contributed by atoms with E-state index >= 15 is 0 Å². The van der Waals surface area contributed by atoms with Crippen molar-refractivity contribution in [3.05, 3.63) is 99.0 Å². The number of carbonyl (C=O) groups is 3. The Hall–Kier alpha value is -2.57. The summed E-state index contributed by atoms with van der Waals surface area (Å²) in [6, 6.07) is 20.1. The molecule has 3 aliphatic carbocycles. The molecule has 0 aromatic heterocycles. The van der Waals surface area contributed by atoms with Gasteiger partial charge in [-0.15, -0.1) is 23.2 Å². The largest absolute Gasteiger partial charge is 0.326 e. The molecule has 200 valence electrons. The van der Waals surface area contributed by atoms with Crippen LogP contribution in [-0.4, -0.2) is 29.2 Å². The molecule has 1 fully saturated rings. The van der Waals surface area contributed by atoms with Gasteiger partial charge in [-0.3, -0.25) is 19.3 Å². The lowest BCUT2D eigenvalue weighted by Gasteiger charge is -2.54. The molecule has 5 nitrogen and oxygen atoms in total. The summed E-state index contributed by atoms with van der Waals surface area (Å²) in [5.41, 5.74) is 3.73. The topological polar surface area (TPSA) is 66.5 Å². The zero-order chi connectivity index (χ0) is 27.5. The van der Waals surface area contributed by atoms with Gasteiger partial charge in [0.05, 0.1) is 21.9 Å². The van der Waals surface area contributed by atoms with Crippen molar-refractivity contribution >= 4 is 69.8 Å². The Labute approximate surface area is 246 Å². The zero-order valence-electron chi connectivity index (χ0n) is 20.7. The average molecular weight is 602 g/mol. The number of nitrogens with one attached hydrogen (secondary N) is 1. The van der Waals surface area contributed by atoms with Crippen molar-refractivity contribution < 1.29 is 14.4 Å². The third kappa shape index (κ3) is 3.93. The molecule has 0 saturated carbocycles. The van der Waals surface area contributed by atoms with Crippen LogP contribution < -0.4 is 5.32 Å². The first kappa shape index (κ1) is 26.6. The Balaban J connectivity index is 1.15. The highest BCUT2D eigenvalue weighted by Gasteiger charge is 2.72. The van der Waals surface area contributed by atoms with Crippen LogP contribution in [0.15, 0.2) is 66.7 Å². The number of nitrogens with zero attached hydrogens (tertiary/aromatic N) is 1. The zero-order valence-corrected chi connectivity index (χ0v) is 23.7. The van der Waals surface area contributed by atoms with Crippen LogP contribution in [-0.2, 0) is 24.1 Å². The molecule has 0 spiro atoms. The molecule has 39 heavy (non-hydrogen) atoms. The summed E-state index contributed by atoms with van der Waals surface area (Å²) in [6.45, 7) is 0.256. The predicted molar refractivity (Wildman–Crippen MR) is 153 cm³/mol. The van der Waals surface area contributed by atoms with Crippen molar-refractivity contribution in [2.75, 3.05) is 11.9 Å².